The van der Waals surface area contributed by atoms with Crippen LogP contribution in [0.2, 0.25) is 0 Å². The van der Waals surface area contributed by atoms with Crippen LogP contribution in [0, 0.1) is 17.2 Å². The number of pyridine rings is 1. The number of fused-ring (bicyclic) bond motifs is 4. The molecule has 2 aliphatic rings. The largest absolute Gasteiger partial charge is 0.337 e. The number of nitrogens with one attached hydrogen (secondary N) is 1. The van der Waals surface area contributed by atoms with Crippen LogP contribution in [0.5, 0.6) is 0 Å². The Morgan fingerprint density at radius 3 is 2.68 bits per heavy atom. The molecule has 0 radical (unpaired) electrons. The van der Waals surface area contributed by atoms with E-state index in [-0.39, 0.29) is 17.4 Å². The predicted octanol–water partition coefficient (Wildman–Crippen LogP) is 0.477. The summed E-state index contributed by atoms with van der Waals surface area (Å²) in [5.41, 5.74) is 3.37. The number of hydrogen-bond acceptors (Lipinski definition) is 3. The van der Waals surface area contributed by atoms with Crippen molar-refractivity contribution in [2.75, 3.05) is 33.7 Å². The molecule has 0 aliphatic carbocycles. The fourth-order valence-corrected chi connectivity index (χ4v) is 4.68. The minimum absolute atomic E-state index is 0.000372. The van der Waals surface area contributed by atoms with Crippen LogP contribution in [0.3, 0.4) is 0 Å². The van der Waals surface area contributed by atoms with E-state index in [9.17, 15) is 14.9 Å². The molecule has 0 unspecified atom stereocenters. The molecule has 144 valence electrons. The lowest BCUT2D eigenvalue weighted by atomic mass is 9.80. The first-order valence-electron chi connectivity index (χ1n) is 9.78. The Morgan fingerprint density at radius 2 is 1.93 bits per heavy atom. The van der Waals surface area contributed by atoms with Gasteiger partial charge in [-0.3, -0.25) is 9.59 Å². The molecule has 2 aromatic rings. The summed E-state index contributed by atoms with van der Waals surface area (Å²) in [7, 11) is 3.96. The molecule has 0 saturated carbocycles. The monoisotopic (exact) mass is 377 g/mol. The number of aromatic nitrogens is 1. The maximum atomic E-state index is 12.7. The summed E-state index contributed by atoms with van der Waals surface area (Å²) in [5.74, 6) is 0.580. The molecular weight excluding hydrogens is 352 g/mol. The van der Waals surface area contributed by atoms with E-state index in [0.29, 0.717) is 37.7 Å². The number of hydrogen-bond donors (Lipinski definition) is 1. The van der Waals surface area contributed by atoms with Crippen LogP contribution in [0.1, 0.15) is 23.6 Å². The van der Waals surface area contributed by atoms with Gasteiger partial charge < -0.3 is 14.4 Å². The average Bonchev–Trinajstić information content (AvgIpc) is 2.68. The van der Waals surface area contributed by atoms with Gasteiger partial charge in [-0.05, 0) is 24.5 Å². The number of amides is 1. The summed E-state index contributed by atoms with van der Waals surface area (Å²) < 4.78 is 1.88. The smallest absolute Gasteiger partial charge is 0.277 e. The molecule has 2 atom stereocenters. The minimum Gasteiger partial charge on any atom is -0.337 e. The number of carbonyl (C=O) groups excluding carboxylic acids is 1. The molecular formula is C22H25N4O2+. The molecule has 4 rings (SSSR count). The van der Waals surface area contributed by atoms with Gasteiger partial charge in [-0.2, -0.15) is 5.26 Å². The first-order chi connectivity index (χ1) is 13.5. The number of likely N-dealkylation sites (N-methyl/N-ethyl adjacent to an activating group) is 1. The molecule has 3 heterocycles. The van der Waals surface area contributed by atoms with E-state index in [1.807, 2.05) is 47.8 Å². The molecule has 1 aromatic carbocycles. The van der Waals surface area contributed by atoms with E-state index in [1.54, 1.807) is 12.1 Å². The Labute approximate surface area is 164 Å². The van der Waals surface area contributed by atoms with Gasteiger partial charge in [0.25, 0.3) is 11.5 Å². The average molecular weight is 377 g/mol. The normalized spacial score (nSPS) is 20.6. The summed E-state index contributed by atoms with van der Waals surface area (Å²) >= 11 is 0. The van der Waals surface area contributed by atoms with Crippen molar-refractivity contribution in [3.05, 3.63) is 58.0 Å². The van der Waals surface area contributed by atoms with Gasteiger partial charge in [0.2, 0.25) is 0 Å². The van der Waals surface area contributed by atoms with Crippen molar-refractivity contribution in [1.29, 1.82) is 5.26 Å². The third kappa shape index (κ3) is 3.23. The van der Waals surface area contributed by atoms with Crippen LogP contribution in [0.25, 0.3) is 11.1 Å². The Hall–Kier alpha value is -2.91. The molecule has 2 bridgehead atoms. The number of carbonyl (C=O) groups is 1. The number of rotatable bonds is 3. The van der Waals surface area contributed by atoms with Crippen LogP contribution in [0.15, 0.2) is 41.2 Å². The number of benzene rings is 1. The van der Waals surface area contributed by atoms with Crippen molar-refractivity contribution >= 4 is 5.91 Å². The molecule has 0 spiro atoms. The lowest BCUT2D eigenvalue weighted by Gasteiger charge is -2.43. The van der Waals surface area contributed by atoms with Crippen molar-refractivity contribution in [3.63, 3.8) is 0 Å². The van der Waals surface area contributed by atoms with Gasteiger partial charge in [0.15, 0.2) is 6.54 Å². The topological polar surface area (TPSA) is 70.5 Å². The first-order valence-corrected chi connectivity index (χ1v) is 9.78. The third-order valence-corrected chi connectivity index (χ3v) is 5.79. The minimum atomic E-state index is 0.000372. The second-order valence-electron chi connectivity index (χ2n) is 8.22. The lowest BCUT2D eigenvalue weighted by Crippen LogP contribution is -3.07. The second-order valence-corrected chi connectivity index (χ2v) is 8.22. The molecule has 2 aliphatic heterocycles. The summed E-state index contributed by atoms with van der Waals surface area (Å²) in [6.07, 6.45) is 0.976. The van der Waals surface area contributed by atoms with Crippen LogP contribution in [0.4, 0.5) is 0 Å². The van der Waals surface area contributed by atoms with Gasteiger partial charge in [0.05, 0.1) is 25.7 Å². The van der Waals surface area contributed by atoms with Crippen LogP contribution in [-0.4, -0.2) is 49.1 Å². The fourth-order valence-electron chi connectivity index (χ4n) is 4.68. The zero-order chi connectivity index (χ0) is 19.8. The number of likely N-dealkylation sites (tertiary alicyclic amines) is 1. The highest BCUT2D eigenvalue weighted by Crippen LogP contribution is 2.40. The lowest BCUT2D eigenvalue weighted by molar-refractivity contribution is -0.849. The van der Waals surface area contributed by atoms with E-state index in [0.717, 1.165) is 28.1 Å². The standard InChI is InChI=1S/C22H24N4O2/c1-24(2)14-21(28)25-11-15-9-17(13-25)22-19(7-8-20(27)26(22)12-15)18-6-4-3-5-16(18)10-23/h3-8,15,17H,9,11-14H2,1-2H3/p+1/t15-,17+/m0/s1. The SMILES string of the molecule is C[NH+](C)CC(=O)N1C[C@@H]2C[C@H](C1)c1c(-c3ccccc3C#N)ccc(=O)n1C2. The maximum absolute atomic E-state index is 12.7. The van der Waals surface area contributed by atoms with E-state index in [2.05, 4.69) is 6.07 Å². The summed E-state index contributed by atoms with van der Waals surface area (Å²) in [5, 5.41) is 9.54. The number of quaternary nitrogens is 1. The van der Waals surface area contributed by atoms with E-state index in [4.69, 9.17) is 0 Å². The first kappa shape index (κ1) is 18.5. The van der Waals surface area contributed by atoms with Crippen molar-refractivity contribution in [2.24, 2.45) is 5.92 Å². The molecule has 1 amide bonds. The Balaban J connectivity index is 1.79. The Bertz CT molecular complexity index is 1020. The van der Waals surface area contributed by atoms with Crippen LogP contribution < -0.4 is 10.5 Å². The molecule has 1 fully saturated rings. The van der Waals surface area contributed by atoms with Crippen LogP contribution >= 0.6 is 0 Å². The summed E-state index contributed by atoms with van der Waals surface area (Å²) in [4.78, 5) is 28.4. The van der Waals surface area contributed by atoms with Gasteiger partial charge in [0.1, 0.15) is 0 Å². The quantitative estimate of drug-likeness (QED) is 0.846. The summed E-state index contributed by atoms with van der Waals surface area (Å²) in [6, 6.07) is 13.2. The maximum Gasteiger partial charge on any atom is 0.277 e. The van der Waals surface area contributed by atoms with Gasteiger partial charge in [-0.1, -0.05) is 18.2 Å². The molecule has 1 N–H and O–H groups in total. The molecule has 1 aromatic heterocycles. The van der Waals surface area contributed by atoms with Gasteiger partial charge in [-0.25, -0.2) is 0 Å². The Morgan fingerprint density at radius 1 is 1.14 bits per heavy atom. The van der Waals surface area contributed by atoms with Crippen molar-refractivity contribution < 1.29 is 9.69 Å². The molecule has 6 heteroatoms. The second kappa shape index (κ2) is 7.25. The van der Waals surface area contributed by atoms with Crippen LogP contribution in [-0.2, 0) is 11.3 Å². The third-order valence-electron chi connectivity index (χ3n) is 5.79. The number of nitriles is 1. The Kier molecular flexibility index (Phi) is 4.78. The zero-order valence-corrected chi connectivity index (χ0v) is 16.3. The number of nitrogens with zero attached hydrogens (tertiary/aromatic N) is 3. The molecule has 28 heavy (non-hydrogen) atoms. The molecule has 1 saturated heterocycles. The van der Waals surface area contributed by atoms with Crippen molar-refractivity contribution in [3.8, 4) is 17.2 Å². The van der Waals surface area contributed by atoms with E-state index >= 15 is 0 Å². The fraction of sp³-hybridized carbons (Fsp3) is 0.409. The van der Waals surface area contributed by atoms with E-state index < -0.39 is 0 Å². The molecule has 6 nitrogen and oxygen atoms in total. The number of piperidine rings is 1. The van der Waals surface area contributed by atoms with Crippen molar-refractivity contribution in [2.45, 2.75) is 18.9 Å². The van der Waals surface area contributed by atoms with Gasteiger partial charge >= 0.3 is 0 Å². The van der Waals surface area contributed by atoms with Gasteiger partial charge in [-0.15, -0.1) is 0 Å². The summed E-state index contributed by atoms with van der Waals surface area (Å²) in [6.45, 7) is 2.46. The van der Waals surface area contributed by atoms with Gasteiger partial charge in [0, 0.05) is 48.4 Å². The van der Waals surface area contributed by atoms with Crippen molar-refractivity contribution in [1.82, 2.24) is 9.47 Å². The highest BCUT2D eigenvalue weighted by molar-refractivity contribution is 5.78. The van der Waals surface area contributed by atoms with E-state index in [1.165, 1.54) is 0 Å². The zero-order valence-electron chi connectivity index (χ0n) is 16.3. The predicted molar refractivity (Wildman–Crippen MR) is 106 cm³/mol. The highest BCUT2D eigenvalue weighted by atomic mass is 16.2. The highest BCUT2D eigenvalue weighted by Gasteiger charge is 2.38.